The zero-order valence-corrected chi connectivity index (χ0v) is 19.5. The van der Waals surface area contributed by atoms with Crippen LogP contribution in [0.1, 0.15) is 18.7 Å². The van der Waals surface area contributed by atoms with Gasteiger partial charge in [0.1, 0.15) is 11.6 Å². The van der Waals surface area contributed by atoms with Gasteiger partial charge < -0.3 is 25.6 Å². The number of morpholine rings is 1. The number of hydrogen-bond donors (Lipinski definition) is 2. The Hall–Kier alpha value is -3.45. The lowest BCUT2D eigenvalue weighted by Gasteiger charge is -2.34. The van der Waals surface area contributed by atoms with Crippen molar-refractivity contribution in [2.24, 2.45) is 5.73 Å². The Morgan fingerprint density at radius 2 is 1.72 bits per heavy atom. The molecule has 2 aromatic heterocycles. The van der Waals surface area contributed by atoms with Crippen molar-refractivity contribution < 1.29 is 22.7 Å². The summed E-state index contributed by atoms with van der Waals surface area (Å²) < 4.78 is 48.6. The van der Waals surface area contributed by atoms with Crippen molar-refractivity contribution in [2.45, 2.75) is 25.1 Å². The minimum Gasteiger partial charge on any atom is -0.378 e. The number of carbonyl (C=O) groups is 1. The average Bonchev–Trinajstić information content (AvgIpc) is 3.30. The quantitative estimate of drug-likeness (QED) is 0.540. The van der Waals surface area contributed by atoms with Gasteiger partial charge in [0.05, 0.1) is 30.8 Å². The van der Waals surface area contributed by atoms with Crippen molar-refractivity contribution >= 4 is 28.7 Å². The van der Waals surface area contributed by atoms with Crippen LogP contribution in [0.15, 0.2) is 30.3 Å². The SMILES string of the molecule is NCC(=O)NC1CCN(c2cc(-n3c(C(F)(F)F)nc4ccccc43)nc(N3CCOCC3)n2)CC1. The molecule has 192 valence electrons. The predicted octanol–water partition coefficient (Wildman–Crippen LogP) is 1.71. The van der Waals surface area contributed by atoms with Crippen molar-refractivity contribution in [2.75, 3.05) is 55.7 Å². The number of benzene rings is 1. The molecule has 2 saturated heterocycles. The van der Waals surface area contributed by atoms with E-state index in [1.54, 1.807) is 30.3 Å². The van der Waals surface area contributed by atoms with Crippen LogP contribution in [-0.4, -0.2) is 77.4 Å². The average molecular weight is 505 g/mol. The number of halogens is 3. The maximum absolute atomic E-state index is 14.1. The molecule has 5 rings (SSSR count). The van der Waals surface area contributed by atoms with Gasteiger partial charge in [0.25, 0.3) is 0 Å². The van der Waals surface area contributed by atoms with E-state index >= 15 is 0 Å². The van der Waals surface area contributed by atoms with Gasteiger partial charge in [-0.2, -0.15) is 23.1 Å². The first kappa shape index (κ1) is 24.3. The Morgan fingerprint density at radius 1 is 1.03 bits per heavy atom. The summed E-state index contributed by atoms with van der Waals surface area (Å²) in [5, 5.41) is 2.90. The third kappa shape index (κ3) is 4.93. The number of para-hydroxylation sites is 2. The van der Waals surface area contributed by atoms with E-state index in [0.29, 0.717) is 69.5 Å². The maximum atomic E-state index is 14.1. The molecule has 2 fully saturated rings. The van der Waals surface area contributed by atoms with E-state index in [-0.39, 0.29) is 29.8 Å². The molecule has 4 heterocycles. The molecule has 36 heavy (non-hydrogen) atoms. The first-order chi connectivity index (χ1) is 17.3. The molecular formula is C23H27F3N8O2. The molecule has 0 radical (unpaired) electrons. The van der Waals surface area contributed by atoms with Gasteiger partial charge in [-0.1, -0.05) is 12.1 Å². The van der Waals surface area contributed by atoms with E-state index in [1.807, 2.05) is 9.80 Å². The van der Waals surface area contributed by atoms with E-state index < -0.39 is 12.0 Å². The lowest BCUT2D eigenvalue weighted by Crippen LogP contribution is -2.46. The Balaban J connectivity index is 1.56. The number of aromatic nitrogens is 4. The highest BCUT2D eigenvalue weighted by atomic mass is 19.4. The Kier molecular flexibility index (Phi) is 6.67. The highest BCUT2D eigenvalue weighted by Crippen LogP contribution is 2.34. The number of hydrogen-bond acceptors (Lipinski definition) is 8. The number of piperidine rings is 1. The van der Waals surface area contributed by atoms with Crippen molar-refractivity contribution in [1.82, 2.24) is 24.8 Å². The molecule has 2 aliphatic rings. The second kappa shape index (κ2) is 9.90. The number of nitrogens with zero attached hydrogens (tertiary/aromatic N) is 6. The molecule has 1 amide bonds. The second-order valence-corrected chi connectivity index (χ2v) is 8.77. The van der Waals surface area contributed by atoms with Crippen LogP contribution in [-0.2, 0) is 15.7 Å². The number of rotatable bonds is 5. The molecule has 2 aliphatic heterocycles. The molecule has 0 aliphatic carbocycles. The summed E-state index contributed by atoms with van der Waals surface area (Å²) in [5.74, 6) is -0.282. The molecule has 3 aromatic rings. The molecule has 1 aromatic carbocycles. The van der Waals surface area contributed by atoms with Gasteiger partial charge in [-0.25, -0.2) is 4.98 Å². The number of imidazole rings is 1. The molecule has 0 saturated carbocycles. The highest BCUT2D eigenvalue weighted by Gasteiger charge is 2.39. The summed E-state index contributed by atoms with van der Waals surface area (Å²) in [4.78, 5) is 28.7. The Bertz CT molecular complexity index is 1230. The van der Waals surface area contributed by atoms with Crippen molar-refractivity contribution in [3.8, 4) is 5.82 Å². The number of amides is 1. The summed E-state index contributed by atoms with van der Waals surface area (Å²) in [5.41, 5.74) is 5.94. The number of fused-ring (bicyclic) bond motifs is 1. The fourth-order valence-electron chi connectivity index (χ4n) is 4.58. The fourth-order valence-corrected chi connectivity index (χ4v) is 4.58. The predicted molar refractivity (Wildman–Crippen MR) is 127 cm³/mol. The van der Waals surface area contributed by atoms with Crippen LogP contribution in [0, 0.1) is 0 Å². The zero-order valence-electron chi connectivity index (χ0n) is 19.5. The zero-order chi connectivity index (χ0) is 25.3. The summed E-state index contributed by atoms with van der Waals surface area (Å²) in [6, 6.07) is 8.04. The van der Waals surface area contributed by atoms with Crippen LogP contribution in [0.2, 0.25) is 0 Å². The van der Waals surface area contributed by atoms with Crippen LogP contribution in [0.5, 0.6) is 0 Å². The standard InChI is InChI=1S/C23H27F3N8O2/c24-23(25,26)21-29-16-3-1-2-4-17(16)34(21)19-13-18(30-22(31-19)33-9-11-36-12-10-33)32-7-5-15(6-8-32)28-20(35)14-27/h1-4,13,15H,5-12,14,27H2,(H,28,35). The minimum absolute atomic E-state index is 0.00764. The normalized spacial score (nSPS) is 17.6. The first-order valence-electron chi connectivity index (χ1n) is 11.8. The van der Waals surface area contributed by atoms with Gasteiger partial charge >= 0.3 is 6.18 Å². The highest BCUT2D eigenvalue weighted by molar-refractivity contribution is 5.79. The third-order valence-electron chi connectivity index (χ3n) is 6.39. The van der Waals surface area contributed by atoms with Crippen LogP contribution in [0.3, 0.4) is 0 Å². The minimum atomic E-state index is -4.68. The van der Waals surface area contributed by atoms with Gasteiger partial charge in [0.15, 0.2) is 0 Å². The van der Waals surface area contributed by atoms with Crippen LogP contribution in [0.25, 0.3) is 16.9 Å². The molecule has 0 unspecified atom stereocenters. The summed E-state index contributed by atoms with van der Waals surface area (Å²) in [6.45, 7) is 3.11. The van der Waals surface area contributed by atoms with E-state index in [1.165, 1.54) is 0 Å². The summed E-state index contributed by atoms with van der Waals surface area (Å²) in [6.07, 6.45) is -3.34. The Labute approximate surface area is 205 Å². The fraction of sp³-hybridized carbons (Fsp3) is 0.478. The number of nitrogens with one attached hydrogen (secondary N) is 1. The number of carbonyl (C=O) groups excluding carboxylic acids is 1. The summed E-state index contributed by atoms with van der Waals surface area (Å²) >= 11 is 0. The smallest absolute Gasteiger partial charge is 0.378 e. The van der Waals surface area contributed by atoms with Crippen LogP contribution >= 0.6 is 0 Å². The van der Waals surface area contributed by atoms with E-state index in [9.17, 15) is 18.0 Å². The van der Waals surface area contributed by atoms with Crippen molar-refractivity contribution in [3.63, 3.8) is 0 Å². The third-order valence-corrected chi connectivity index (χ3v) is 6.39. The first-order valence-corrected chi connectivity index (χ1v) is 11.8. The molecule has 3 N–H and O–H groups in total. The van der Waals surface area contributed by atoms with Gasteiger partial charge in [-0.15, -0.1) is 0 Å². The monoisotopic (exact) mass is 504 g/mol. The molecule has 10 nitrogen and oxygen atoms in total. The van der Waals surface area contributed by atoms with E-state index in [2.05, 4.69) is 15.3 Å². The topological polar surface area (TPSA) is 114 Å². The summed E-state index contributed by atoms with van der Waals surface area (Å²) in [7, 11) is 0. The van der Waals surface area contributed by atoms with Gasteiger partial charge in [0, 0.05) is 38.3 Å². The molecule has 0 bridgehead atoms. The number of anilines is 2. The molecule has 0 spiro atoms. The molecule has 0 atom stereocenters. The van der Waals surface area contributed by atoms with E-state index in [0.717, 1.165) is 4.57 Å². The number of nitrogens with two attached hydrogens (primary N) is 1. The number of alkyl halides is 3. The van der Waals surface area contributed by atoms with Crippen LogP contribution in [0.4, 0.5) is 24.9 Å². The van der Waals surface area contributed by atoms with Gasteiger partial charge in [-0.05, 0) is 25.0 Å². The van der Waals surface area contributed by atoms with Crippen LogP contribution < -0.4 is 20.9 Å². The molecular weight excluding hydrogens is 477 g/mol. The largest absolute Gasteiger partial charge is 0.450 e. The van der Waals surface area contributed by atoms with E-state index in [4.69, 9.17) is 15.5 Å². The molecule has 13 heteroatoms. The Morgan fingerprint density at radius 3 is 2.42 bits per heavy atom. The number of ether oxygens (including phenoxy) is 1. The van der Waals surface area contributed by atoms with Crippen molar-refractivity contribution in [3.05, 3.63) is 36.2 Å². The lowest BCUT2D eigenvalue weighted by atomic mass is 10.1. The van der Waals surface area contributed by atoms with Gasteiger partial charge in [0.2, 0.25) is 17.7 Å². The second-order valence-electron chi connectivity index (χ2n) is 8.77. The lowest BCUT2D eigenvalue weighted by molar-refractivity contribution is -0.145. The van der Waals surface area contributed by atoms with Gasteiger partial charge in [-0.3, -0.25) is 9.36 Å². The van der Waals surface area contributed by atoms with Crippen molar-refractivity contribution in [1.29, 1.82) is 0 Å². The maximum Gasteiger partial charge on any atom is 0.450 e.